The molecule has 1 atom stereocenters. The van der Waals surface area contributed by atoms with E-state index in [0.29, 0.717) is 17.5 Å². The number of fused-ring (bicyclic) bond motifs is 1. The van der Waals surface area contributed by atoms with Crippen LogP contribution in [-0.2, 0) is 16.0 Å². The highest BCUT2D eigenvalue weighted by Crippen LogP contribution is 2.28. The van der Waals surface area contributed by atoms with Crippen molar-refractivity contribution in [2.45, 2.75) is 39.3 Å². The van der Waals surface area contributed by atoms with Crippen molar-refractivity contribution in [2.75, 3.05) is 0 Å². The van der Waals surface area contributed by atoms with Crippen LogP contribution in [-0.4, -0.2) is 15.5 Å². The number of aromatic nitrogens is 2. The zero-order chi connectivity index (χ0) is 18.7. The van der Waals surface area contributed by atoms with Gasteiger partial charge in [0, 0.05) is 6.42 Å². The molecule has 0 N–H and O–H groups in total. The van der Waals surface area contributed by atoms with Gasteiger partial charge in [0.25, 0.3) is 0 Å². The summed E-state index contributed by atoms with van der Waals surface area (Å²) >= 11 is 0. The van der Waals surface area contributed by atoms with Gasteiger partial charge in [0.1, 0.15) is 0 Å². The van der Waals surface area contributed by atoms with Crippen LogP contribution in [0, 0.1) is 6.92 Å². The van der Waals surface area contributed by atoms with Crippen molar-refractivity contribution in [1.82, 2.24) is 9.55 Å². The molecule has 2 aromatic carbocycles. The number of benzene rings is 2. The number of ether oxygens (including phenoxy) is 1. The predicted octanol–water partition coefficient (Wildman–Crippen LogP) is 4.98. The number of esters is 1. The van der Waals surface area contributed by atoms with Crippen LogP contribution in [0.1, 0.15) is 42.9 Å². The molecule has 0 aliphatic rings. The van der Waals surface area contributed by atoms with E-state index in [9.17, 15) is 13.6 Å². The standard InChI is InChI=1S/C20H20F2N2O2/c1-13-7-9-15(10-8-13)11-12-18(25)26-14(2)19-23-16-5-3-4-6-17(16)24(19)20(21)22/h3-10,14,20H,11-12H2,1-2H3. The van der Waals surface area contributed by atoms with Crippen molar-refractivity contribution in [2.24, 2.45) is 0 Å². The fraction of sp³-hybridized carbons (Fsp3) is 0.300. The Morgan fingerprint density at radius 3 is 2.54 bits per heavy atom. The Kier molecular flexibility index (Phi) is 5.30. The molecule has 1 unspecified atom stereocenters. The second-order valence-corrected chi connectivity index (χ2v) is 6.22. The monoisotopic (exact) mass is 358 g/mol. The van der Waals surface area contributed by atoms with Gasteiger partial charge in [-0.25, -0.2) is 4.98 Å². The lowest BCUT2D eigenvalue weighted by Gasteiger charge is -2.15. The maximum absolute atomic E-state index is 13.5. The summed E-state index contributed by atoms with van der Waals surface area (Å²) in [5.74, 6) is -0.393. The quantitative estimate of drug-likeness (QED) is 0.584. The van der Waals surface area contributed by atoms with E-state index in [0.717, 1.165) is 15.7 Å². The molecule has 0 radical (unpaired) electrons. The van der Waals surface area contributed by atoms with E-state index in [1.807, 2.05) is 31.2 Å². The van der Waals surface area contributed by atoms with Crippen LogP contribution in [0.2, 0.25) is 0 Å². The number of halogens is 2. The van der Waals surface area contributed by atoms with Crippen LogP contribution in [0.5, 0.6) is 0 Å². The lowest BCUT2D eigenvalue weighted by molar-refractivity contribution is -0.149. The van der Waals surface area contributed by atoms with Crippen LogP contribution in [0.4, 0.5) is 8.78 Å². The fourth-order valence-electron chi connectivity index (χ4n) is 2.86. The van der Waals surface area contributed by atoms with E-state index in [-0.39, 0.29) is 12.2 Å². The van der Waals surface area contributed by atoms with Crippen molar-refractivity contribution in [3.8, 4) is 0 Å². The zero-order valence-electron chi connectivity index (χ0n) is 14.7. The number of carbonyl (C=O) groups excluding carboxylic acids is 1. The van der Waals surface area contributed by atoms with Crippen molar-refractivity contribution >= 4 is 17.0 Å². The van der Waals surface area contributed by atoms with Gasteiger partial charge in [-0.1, -0.05) is 42.0 Å². The average Bonchev–Trinajstić information content (AvgIpc) is 3.01. The first-order valence-corrected chi connectivity index (χ1v) is 8.45. The maximum atomic E-state index is 13.5. The summed E-state index contributed by atoms with van der Waals surface area (Å²) in [5.41, 5.74) is 2.95. The Labute approximate surface area is 150 Å². The molecule has 0 bridgehead atoms. The Bertz CT molecular complexity index is 904. The highest BCUT2D eigenvalue weighted by atomic mass is 19.3. The largest absolute Gasteiger partial charge is 0.454 e. The van der Waals surface area contributed by atoms with E-state index in [2.05, 4.69) is 4.98 Å². The van der Waals surface area contributed by atoms with Crippen molar-refractivity contribution < 1.29 is 18.3 Å². The number of alkyl halides is 2. The second-order valence-electron chi connectivity index (χ2n) is 6.22. The molecular weight excluding hydrogens is 338 g/mol. The normalized spacial score (nSPS) is 12.5. The predicted molar refractivity (Wildman–Crippen MR) is 95.0 cm³/mol. The fourth-order valence-corrected chi connectivity index (χ4v) is 2.86. The van der Waals surface area contributed by atoms with Gasteiger partial charge in [0.05, 0.1) is 11.0 Å². The lowest BCUT2D eigenvalue weighted by atomic mass is 10.1. The van der Waals surface area contributed by atoms with Crippen LogP contribution < -0.4 is 0 Å². The van der Waals surface area contributed by atoms with Gasteiger partial charge in [-0.15, -0.1) is 0 Å². The highest BCUT2D eigenvalue weighted by molar-refractivity contribution is 5.76. The third kappa shape index (κ3) is 3.90. The molecular formula is C20H20F2N2O2. The SMILES string of the molecule is Cc1ccc(CCC(=O)OC(C)c2nc3ccccc3n2C(F)F)cc1. The molecule has 1 aromatic heterocycles. The van der Waals surface area contributed by atoms with Gasteiger partial charge in [0.2, 0.25) is 0 Å². The van der Waals surface area contributed by atoms with Gasteiger partial charge in [0.15, 0.2) is 11.9 Å². The van der Waals surface area contributed by atoms with Gasteiger partial charge < -0.3 is 4.74 Å². The van der Waals surface area contributed by atoms with Crippen molar-refractivity contribution in [1.29, 1.82) is 0 Å². The number of hydrogen-bond donors (Lipinski definition) is 0. The van der Waals surface area contributed by atoms with Gasteiger partial charge in [-0.3, -0.25) is 9.36 Å². The molecule has 1 heterocycles. The zero-order valence-corrected chi connectivity index (χ0v) is 14.7. The number of aryl methyl sites for hydroxylation is 2. The number of imidazole rings is 1. The minimum Gasteiger partial charge on any atom is -0.454 e. The van der Waals surface area contributed by atoms with Crippen molar-refractivity contribution in [3.63, 3.8) is 0 Å². The minimum absolute atomic E-state index is 0.0462. The lowest BCUT2D eigenvalue weighted by Crippen LogP contribution is -2.15. The molecule has 4 nitrogen and oxygen atoms in total. The third-order valence-corrected chi connectivity index (χ3v) is 4.23. The molecule has 0 spiro atoms. The van der Waals surface area contributed by atoms with E-state index in [1.165, 1.54) is 0 Å². The molecule has 0 aliphatic carbocycles. The van der Waals surface area contributed by atoms with Gasteiger partial charge in [-0.2, -0.15) is 8.78 Å². The summed E-state index contributed by atoms with van der Waals surface area (Å²) in [4.78, 5) is 16.3. The molecule has 3 rings (SSSR count). The van der Waals surface area contributed by atoms with Crippen LogP contribution in [0.25, 0.3) is 11.0 Å². The second kappa shape index (κ2) is 7.64. The number of carbonyl (C=O) groups is 1. The first-order valence-electron chi connectivity index (χ1n) is 8.45. The Morgan fingerprint density at radius 1 is 1.15 bits per heavy atom. The Balaban J connectivity index is 1.70. The average molecular weight is 358 g/mol. The van der Waals surface area contributed by atoms with E-state index >= 15 is 0 Å². The number of rotatable bonds is 6. The third-order valence-electron chi connectivity index (χ3n) is 4.23. The molecule has 26 heavy (non-hydrogen) atoms. The van der Waals surface area contributed by atoms with Crippen molar-refractivity contribution in [3.05, 3.63) is 65.5 Å². The molecule has 0 aliphatic heterocycles. The first-order chi connectivity index (χ1) is 12.5. The summed E-state index contributed by atoms with van der Waals surface area (Å²) in [6.07, 6.45) is -0.138. The molecule has 0 fully saturated rings. The number of hydrogen-bond acceptors (Lipinski definition) is 3. The van der Waals surface area contributed by atoms with Crippen LogP contribution >= 0.6 is 0 Å². The van der Waals surface area contributed by atoms with Crippen LogP contribution in [0.15, 0.2) is 48.5 Å². The van der Waals surface area contributed by atoms with Crippen LogP contribution in [0.3, 0.4) is 0 Å². The molecule has 0 amide bonds. The number of para-hydroxylation sites is 2. The summed E-state index contributed by atoms with van der Waals surface area (Å²) in [5, 5.41) is 0. The summed E-state index contributed by atoms with van der Waals surface area (Å²) < 4.78 is 33.1. The van der Waals surface area contributed by atoms with Gasteiger partial charge >= 0.3 is 12.5 Å². The van der Waals surface area contributed by atoms with Gasteiger partial charge in [-0.05, 0) is 38.0 Å². The topological polar surface area (TPSA) is 44.1 Å². The molecule has 136 valence electrons. The smallest absolute Gasteiger partial charge is 0.320 e. The summed E-state index contributed by atoms with van der Waals surface area (Å²) in [6.45, 7) is 0.796. The Morgan fingerprint density at radius 2 is 1.85 bits per heavy atom. The van der Waals surface area contributed by atoms with E-state index < -0.39 is 18.6 Å². The van der Waals surface area contributed by atoms with E-state index in [4.69, 9.17) is 4.74 Å². The maximum Gasteiger partial charge on any atom is 0.320 e. The Hall–Kier alpha value is -2.76. The summed E-state index contributed by atoms with van der Waals surface area (Å²) in [7, 11) is 0. The minimum atomic E-state index is -2.76. The summed E-state index contributed by atoms with van der Waals surface area (Å²) in [6, 6.07) is 14.5. The highest BCUT2D eigenvalue weighted by Gasteiger charge is 2.24. The molecule has 0 saturated carbocycles. The molecule has 6 heteroatoms. The van der Waals surface area contributed by atoms with E-state index in [1.54, 1.807) is 31.2 Å². The number of nitrogens with zero attached hydrogens (tertiary/aromatic N) is 2. The molecule has 3 aromatic rings. The molecule has 0 saturated heterocycles. The first kappa shape index (κ1) is 18.0.